The summed E-state index contributed by atoms with van der Waals surface area (Å²) in [6, 6.07) is 8.34. The predicted molar refractivity (Wildman–Crippen MR) is 67.0 cm³/mol. The Hall–Kier alpha value is -2.40. The van der Waals surface area contributed by atoms with Crippen LogP contribution in [0.25, 0.3) is 11.1 Å². The Morgan fingerprint density at radius 3 is 2.67 bits per heavy atom. The van der Waals surface area contributed by atoms with Crippen molar-refractivity contribution in [2.75, 3.05) is 5.73 Å². The molecule has 4 N–H and O–H groups in total. The second kappa shape index (κ2) is 4.85. The third-order valence-corrected chi connectivity index (χ3v) is 2.63. The highest BCUT2D eigenvalue weighted by Gasteiger charge is 2.15. The molecule has 0 aliphatic carbocycles. The van der Waals surface area contributed by atoms with Crippen molar-refractivity contribution >= 4 is 11.8 Å². The zero-order valence-corrected chi connectivity index (χ0v) is 9.50. The van der Waals surface area contributed by atoms with Crippen LogP contribution in [0.4, 0.5) is 5.82 Å². The molecule has 1 heterocycles. The molecule has 5 heteroatoms. The van der Waals surface area contributed by atoms with Gasteiger partial charge < -0.3 is 15.9 Å². The van der Waals surface area contributed by atoms with Gasteiger partial charge in [-0.05, 0) is 17.2 Å². The minimum absolute atomic E-state index is 0.0726. The van der Waals surface area contributed by atoms with Crippen LogP contribution in [0.2, 0.25) is 0 Å². The summed E-state index contributed by atoms with van der Waals surface area (Å²) in [5.41, 5.74) is 7.30. The van der Waals surface area contributed by atoms with Crippen molar-refractivity contribution < 1.29 is 15.0 Å². The van der Waals surface area contributed by atoms with E-state index in [1.165, 1.54) is 12.3 Å². The number of carboxylic acid groups (broad SMARTS) is 1. The van der Waals surface area contributed by atoms with Crippen LogP contribution in [0.1, 0.15) is 15.9 Å². The molecule has 0 aliphatic heterocycles. The third kappa shape index (κ3) is 2.16. The number of nitrogens with two attached hydrogens (primary N) is 1. The smallest absolute Gasteiger partial charge is 0.336 e. The number of carboxylic acids is 1. The summed E-state index contributed by atoms with van der Waals surface area (Å²) in [4.78, 5) is 15.1. The molecule has 1 aromatic carbocycles. The van der Waals surface area contributed by atoms with Crippen molar-refractivity contribution in [1.82, 2.24) is 4.98 Å². The van der Waals surface area contributed by atoms with Crippen LogP contribution >= 0.6 is 0 Å². The molecule has 2 aromatic rings. The maximum atomic E-state index is 11.2. The number of aliphatic hydroxyl groups is 1. The molecular weight excluding hydrogens is 232 g/mol. The van der Waals surface area contributed by atoms with Gasteiger partial charge in [-0.2, -0.15) is 0 Å². The van der Waals surface area contributed by atoms with Crippen LogP contribution in [0.5, 0.6) is 0 Å². The van der Waals surface area contributed by atoms with Gasteiger partial charge in [-0.25, -0.2) is 9.78 Å². The first-order valence-corrected chi connectivity index (χ1v) is 5.31. The number of hydrogen-bond donors (Lipinski definition) is 3. The molecule has 0 unspecified atom stereocenters. The van der Waals surface area contributed by atoms with Gasteiger partial charge in [0, 0.05) is 11.8 Å². The molecule has 0 atom stereocenters. The van der Waals surface area contributed by atoms with E-state index in [1.807, 2.05) is 0 Å². The number of aromatic nitrogens is 1. The molecule has 5 nitrogen and oxygen atoms in total. The van der Waals surface area contributed by atoms with E-state index in [9.17, 15) is 9.90 Å². The van der Waals surface area contributed by atoms with Crippen LogP contribution in [-0.4, -0.2) is 21.2 Å². The first kappa shape index (κ1) is 12.1. The Bertz CT molecular complexity index is 597. The lowest BCUT2D eigenvalue weighted by Crippen LogP contribution is -2.04. The molecule has 1 aromatic heterocycles. The van der Waals surface area contributed by atoms with Gasteiger partial charge in [-0.15, -0.1) is 0 Å². The number of hydrogen-bond acceptors (Lipinski definition) is 4. The predicted octanol–water partition coefficient (Wildman–Crippen LogP) is 1.52. The average Bonchev–Trinajstić information content (AvgIpc) is 2.38. The highest BCUT2D eigenvalue weighted by Crippen LogP contribution is 2.27. The molecule has 0 bridgehead atoms. The van der Waals surface area contributed by atoms with Crippen molar-refractivity contribution in [2.45, 2.75) is 6.61 Å². The van der Waals surface area contributed by atoms with Crippen LogP contribution in [-0.2, 0) is 6.61 Å². The van der Waals surface area contributed by atoms with Gasteiger partial charge in [-0.3, -0.25) is 0 Å². The van der Waals surface area contributed by atoms with E-state index in [2.05, 4.69) is 4.98 Å². The summed E-state index contributed by atoms with van der Waals surface area (Å²) in [6.45, 7) is -0.167. The van der Waals surface area contributed by atoms with E-state index in [1.54, 1.807) is 24.3 Å². The van der Waals surface area contributed by atoms with Crippen LogP contribution < -0.4 is 5.73 Å². The molecule has 0 spiro atoms. The lowest BCUT2D eigenvalue weighted by molar-refractivity contribution is 0.0697. The lowest BCUT2D eigenvalue weighted by Gasteiger charge is -2.10. The minimum Gasteiger partial charge on any atom is -0.478 e. The van der Waals surface area contributed by atoms with E-state index in [4.69, 9.17) is 10.8 Å². The van der Waals surface area contributed by atoms with Gasteiger partial charge in [0.05, 0.1) is 12.2 Å². The largest absolute Gasteiger partial charge is 0.478 e. The van der Waals surface area contributed by atoms with Gasteiger partial charge in [0.1, 0.15) is 5.82 Å². The molecule has 92 valence electrons. The fourth-order valence-corrected chi connectivity index (χ4v) is 1.78. The zero-order valence-electron chi connectivity index (χ0n) is 9.50. The number of nitrogens with zero attached hydrogens (tertiary/aromatic N) is 1. The number of rotatable bonds is 3. The highest BCUT2D eigenvalue weighted by atomic mass is 16.4. The van der Waals surface area contributed by atoms with Crippen molar-refractivity contribution in [3.63, 3.8) is 0 Å². The van der Waals surface area contributed by atoms with Gasteiger partial charge in [0.2, 0.25) is 0 Å². The summed E-state index contributed by atoms with van der Waals surface area (Å²) >= 11 is 0. The first-order valence-electron chi connectivity index (χ1n) is 5.31. The number of carbonyl (C=O) groups is 1. The van der Waals surface area contributed by atoms with E-state index >= 15 is 0 Å². The topological polar surface area (TPSA) is 96.4 Å². The van der Waals surface area contributed by atoms with Gasteiger partial charge in [0.15, 0.2) is 0 Å². The number of anilines is 1. The van der Waals surface area contributed by atoms with E-state index in [0.29, 0.717) is 16.7 Å². The van der Waals surface area contributed by atoms with Gasteiger partial charge in [-0.1, -0.05) is 24.3 Å². The Kier molecular flexibility index (Phi) is 3.25. The van der Waals surface area contributed by atoms with E-state index in [-0.39, 0.29) is 18.0 Å². The van der Waals surface area contributed by atoms with Crippen LogP contribution in [0, 0.1) is 0 Å². The lowest BCUT2D eigenvalue weighted by atomic mass is 9.97. The van der Waals surface area contributed by atoms with Crippen molar-refractivity contribution in [2.24, 2.45) is 0 Å². The zero-order chi connectivity index (χ0) is 13.1. The molecule has 0 saturated heterocycles. The summed E-state index contributed by atoms with van der Waals surface area (Å²) < 4.78 is 0. The minimum atomic E-state index is -1.08. The Labute approximate surface area is 104 Å². The molecule has 0 radical (unpaired) electrons. The average molecular weight is 244 g/mol. The fourth-order valence-electron chi connectivity index (χ4n) is 1.78. The summed E-state index contributed by atoms with van der Waals surface area (Å²) in [7, 11) is 0. The molecule has 0 fully saturated rings. The second-order valence-corrected chi connectivity index (χ2v) is 3.78. The van der Waals surface area contributed by atoms with Crippen LogP contribution in [0.3, 0.4) is 0 Å². The number of pyridine rings is 1. The Morgan fingerprint density at radius 1 is 1.28 bits per heavy atom. The Morgan fingerprint density at radius 2 is 2.00 bits per heavy atom. The van der Waals surface area contributed by atoms with E-state index < -0.39 is 5.97 Å². The highest BCUT2D eigenvalue weighted by molar-refractivity contribution is 5.97. The fraction of sp³-hybridized carbons (Fsp3) is 0.0769. The van der Waals surface area contributed by atoms with Gasteiger partial charge >= 0.3 is 5.97 Å². The molecule has 0 saturated carbocycles. The maximum absolute atomic E-state index is 11.2. The number of aromatic carboxylic acids is 1. The van der Waals surface area contributed by atoms with E-state index in [0.717, 1.165) is 0 Å². The first-order chi connectivity index (χ1) is 8.63. The second-order valence-electron chi connectivity index (χ2n) is 3.78. The van der Waals surface area contributed by atoms with Crippen molar-refractivity contribution in [3.05, 3.63) is 47.7 Å². The normalized spacial score (nSPS) is 10.3. The van der Waals surface area contributed by atoms with Crippen molar-refractivity contribution in [3.8, 4) is 11.1 Å². The quantitative estimate of drug-likeness (QED) is 0.760. The summed E-state index contributed by atoms with van der Waals surface area (Å²) in [5, 5.41) is 18.4. The summed E-state index contributed by atoms with van der Waals surface area (Å²) in [5.74, 6) is -0.926. The van der Waals surface area contributed by atoms with Crippen LogP contribution in [0.15, 0.2) is 36.5 Å². The number of benzene rings is 1. The molecular formula is C13H12N2O3. The van der Waals surface area contributed by atoms with Crippen molar-refractivity contribution in [1.29, 1.82) is 0 Å². The Balaban J connectivity index is 2.67. The summed E-state index contributed by atoms with van der Waals surface area (Å²) in [6.07, 6.45) is 1.41. The molecule has 0 amide bonds. The number of aliphatic hydroxyl groups excluding tert-OH is 1. The monoisotopic (exact) mass is 244 g/mol. The SMILES string of the molecule is Nc1cc(C(=O)O)c(-c2ccccc2CO)cn1. The standard InChI is InChI=1S/C13H12N2O3/c14-12-5-10(13(17)18)11(6-15-12)9-4-2-1-3-8(9)7-16/h1-6,16H,7H2,(H2,14,15)(H,17,18). The molecule has 2 rings (SSSR count). The maximum Gasteiger partial charge on any atom is 0.336 e. The third-order valence-electron chi connectivity index (χ3n) is 2.63. The molecule has 18 heavy (non-hydrogen) atoms. The molecule has 0 aliphatic rings. The van der Waals surface area contributed by atoms with Gasteiger partial charge in [0.25, 0.3) is 0 Å². The number of nitrogen functional groups attached to an aromatic ring is 1.